The molecule has 1 aliphatic rings. The lowest BCUT2D eigenvalue weighted by Crippen LogP contribution is -2.27. The van der Waals surface area contributed by atoms with Crippen LogP contribution in [0.2, 0.25) is 0 Å². The first-order valence-electron chi connectivity index (χ1n) is 7.71. The Hall–Kier alpha value is -2.23. The molecule has 2 aromatic rings. The maximum absolute atomic E-state index is 12.8. The third-order valence-electron chi connectivity index (χ3n) is 4.11. The largest absolute Gasteiger partial charge is 0.416 e. The van der Waals surface area contributed by atoms with Gasteiger partial charge in [-0.1, -0.05) is 42.5 Å². The number of rotatable bonds is 3. The van der Waals surface area contributed by atoms with E-state index in [1.54, 1.807) is 12.1 Å². The summed E-state index contributed by atoms with van der Waals surface area (Å²) in [5.41, 5.74) is 1.13. The van der Waals surface area contributed by atoms with Crippen LogP contribution in [-0.2, 0) is 6.18 Å². The van der Waals surface area contributed by atoms with Crippen LogP contribution in [0, 0.1) is 0 Å². The van der Waals surface area contributed by atoms with Gasteiger partial charge in [-0.15, -0.1) is 0 Å². The zero-order valence-electron chi connectivity index (χ0n) is 12.6. The molecular formula is C19H18F3N. The summed E-state index contributed by atoms with van der Waals surface area (Å²) in [6.07, 6.45) is 1.61. The fourth-order valence-corrected chi connectivity index (χ4v) is 2.97. The van der Waals surface area contributed by atoms with E-state index in [4.69, 9.17) is 0 Å². The average Bonchev–Trinajstić information content (AvgIpc) is 3.02. The van der Waals surface area contributed by atoms with Gasteiger partial charge in [0.25, 0.3) is 0 Å². The van der Waals surface area contributed by atoms with E-state index in [0.717, 1.165) is 31.1 Å². The van der Waals surface area contributed by atoms with E-state index in [-0.39, 0.29) is 6.04 Å². The number of para-hydroxylation sites is 1. The monoisotopic (exact) mass is 317 g/mol. The molecule has 1 heterocycles. The van der Waals surface area contributed by atoms with E-state index in [2.05, 4.69) is 17.0 Å². The summed E-state index contributed by atoms with van der Waals surface area (Å²) in [6.45, 7) is 0.974. The van der Waals surface area contributed by atoms with Crippen molar-refractivity contribution in [3.8, 4) is 0 Å². The highest BCUT2D eigenvalue weighted by molar-refractivity contribution is 5.55. The topological polar surface area (TPSA) is 3.24 Å². The molecule has 120 valence electrons. The van der Waals surface area contributed by atoms with Crippen LogP contribution in [-0.4, -0.2) is 12.6 Å². The molecular weight excluding hydrogens is 299 g/mol. The Morgan fingerprint density at radius 3 is 2.52 bits per heavy atom. The molecule has 1 nitrogen and oxygen atoms in total. The van der Waals surface area contributed by atoms with E-state index >= 15 is 0 Å². The van der Waals surface area contributed by atoms with Crippen molar-refractivity contribution >= 4 is 11.8 Å². The lowest BCUT2D eigenvalue weighted by atomic mass is 10.1. The van der Waals surface area contributed by atoms with Gasteiger partial charge in [-0.3, -0.25) is 0 Å². The predicted molar refractivity (Wildman–Crippen MR) is 87.3 cm³/mol. The third kappa shape index (κ3) is 3.76. The standard InChI is InChI=1S/C19H18F3N/c20-19(21,22)16-7-4-6-15(14-16)11-12-18-10-5-13-23(18)17-8-2-1-3-9-17/h1-4,6-9,11-12,14,18H,5,10,13H2/b12-11-. The fraction of sp³-hybridized carbons (Fsp3) is 0.263. The molecule has 0 aromatic heterocycles. The molecule has 3 rings (SSSR count). The fourth-order valence-electron chi connectivity index (χ4n) is 2.97. The molecule has 23 heavy (non-hydrogen) atoms. The van der Waals surface area contributed by atoms with Crippen LogP contribution in [0.15, 0.2) is 60.7 Å². The molecule has 1 aliphatic heterocycles. The first kappa shape index (κ1) is 15.7. The van der Waals surface area contributed by atoms with Gasteiger partial charge in [-0.25, -0.2) is 0 Å². The molecule has 4 heteroatoms. The Morgan fingerprint density at radius 2 is 1.78 bits per heavy atom. The van der Waals surface area contributed by atoms with E-state index in [9.17, 15) is 13.2 Å². The van der Waals surface area contributed by atoms with E-state index in [0.29, 0.717) is 5.56 Å². The summed E-state index contributed by atoms with van der Waals surface area (Å²) < 4.78 is 38.3. The van der Waals surface area contributed by atoms with Crippen LogP contribution in [0.3, 0.4) is 0 Å². The van der Waals surface area contributed by atoms with Gasteiger partial charge in [-0.05, 0) is 42.7 Å². The number of halogens is 3. The van der Waals surface area contributed by atoms with Crippen LogP contribution in [0.4, 0.5) is 18.9 Å². The Morgan fingerprint density at radius 1 is 1.00 bits per heavy atom. The quantitative estimate of drug-likeness (QED) is 0.734. The van der Waals surface area contributed by atoms with E-state index in [1.807, 2.05) is 24.3 Å². The number of hydrogen-bond donors (Lipinski definition) is 0. The molecule has 0 aliphatic carbocycles. The van der Waals surface area contributed by atoms with Gasteiger partial charge >= 0.3 is 6.18 Å². The van der Waals surface area contributed by atoms with Gasteiger partial charge < -0.3 is 4.90 Å². The Balaban J connectivity index is 1.77. The predicted octanol–water partition coefficient (Wildman–Crippen LogP) is 5.39. The van der Waals surface area contributed by atoms with Gasteiger partial charge in [0.2, 0.25) is 0 Å². The smallest absolute Gasteiger partial charge is 0.365 e. The number of anilines is 1. The van der Waals surface area contributed by atoms with Crippen molar-refractivity contribution in [2.24, 2.45) is 0 Å². The second kappa shape index (κ2) is 6.49. The Labute approximate surface area is 134 Å². The van der Waals surface area contributed by atoms with Crippen molar-refractivity contribution in [2.45, 2.75) is 25.1 Å². The van der Waals surface area contributed by atoms with Crippen LogP contribution in [0.25, 0.3) is 6.08 Å². The summed E-state index contributed by atoms with van der Waals surface area (Å²) in [4.78, 5) is 2.30. The molecule has 1 saturated heterocycles. The van der Waals surface area contributed by atoms with Crippen molar-refractivity contribution in [3.05, 3.63) is 71.8 Å². The zero-order valence-corrected chi connectivity index (χ0v) is 12.6. The summed E-state index contributed by atoms with van der Waals surface area (Å²) >= 11 is 0. The highest BCUT2D eigenvalue weighted by atomic mass is 19.4. The maximum Gasteiger partial charge on any atom is 0.416 e. The second-order valence-corrected chi connectivity index (χ2v) is 5.72. The van der Waals surface area contributed by atoms with Gasteiger partial charge in [0.1, 0.15) is 0 Å². The summed E-state index contributed by atoms with van der Waals surface area (Å²) in [7, 11) is 0. The first-order chi connectivity index (χ1) is 11.0. The third-order valence-corrected chi connectivity index (χ3v) is 4.11. The molecule has 0 radical (unpaired) electrons. The molecule has 0 saturated carbocycles. The van der Waals surface area contributed by atoms with Crippen molar-refractivity contribution in [1.29, 1.82) is 0 Å². The minimum Gasteiger partial charge on any atom is -0.365 e. The van der Waals surface area contributed by atoms with Crippen LogP contribution in [0.5, 0.6) is 0 Å². The molecule has 0 N–H and O–H groups in total. The summed E-state index contributed by atoms with van der Waals surface area (Å²) in [5, 5.41) is 0. The number of hydrogen-bond acceptors (Lipinski definition) is 1. The van der Waals surface area contributed by atoms with Crippen LogP contribution >= 0.6 is 0 Å². The lowest BCUT2D eigenvalue weighted by molar-refractivity contribution is -0.137. The summed E-state index contributed by atoms with van der Waals surface area (Å²) in [6, 6.07) is 15.8. The maximum atomic E-state index is 12.8. The number of alkyl halides is 3. The van der Waals surface area contributed by atoms with Crippen molar-refractivity contribution < 1.29 is 13.2 Å². The highest BCUT2D eigenvalue weighted by Crippen LogP contribution is 2.30. The van der Waals surface area contributed by atoms with Crippen LogP contribution in [0.1, 0.15) is 24.0 Å². The Kier molecular flexibility index (Phi) is 4.42. The SMILES string of the molecule is FC(F)(F)c1cccc(/C=C\C2CCCN2c2ccccc2)c1. The van der Waals surface area contributed by atoms with Gasteiger partial charge in [-0.2, -0.15) is 13.2 Å². The molecule has 1 atom stereocenters. The zero-order chi connectivity index (χ0) is 16.3. The number of nitrogens with zero attached hydrogens (tertiary/aromatic N) is 1. The molecule has 0 amide bonds. The van der Waals surface area contributed by atoms with Crippen molar-refractivity contribution in [3.63, 3.8) is 0 Å². The first-order valence-corrected chi connectivity index (χ1v) is 7.71. The second-order valence-electron chi connectivity index (χ2n) is 5.72. The van der Waals surface area contributed by atoms with E-state index in [1.165, 1.54) is 12.1 Å². The molecule has 2 aromatic carbocycles. The highest BCUT2D eigenvalue weighted by Gasteiger charge is 2.30. The van der Waals surface area contributed by atoms with Gasteiger partial charge in [0, 0.05) is 18.3 Å². The normalized spacial score (nSPS) is 18.7. The molecule has 1 fully saturated rings. The lowest BCUT2D eigenvalue weighted by Gasteiger charge is -2.24. The minimum absolute atomic E-state index is 0.229. The van der Waals surface area contributed by atoms with E-state index < -0.39 is 11.7 Å². The van der Waals surface area contributed by atoms with Crippen molar-refractivity contribution in [2.75, 3.05) is 11.4 Å². The minimum atomic E-state index is -4.30. The molecule has 0 spiro atoms. The van der Waals surface area contributed by atoms with Gasteiger partial charge in [0.15, 0.2) is 0 Å². The van der Waals surface area contributed by atoms with Crippen molar-refractivity contribution in [1.82, 2.24) is 0 Å². The average molecular weight is 317 g/mol. The molecule has 0 bridgehead atoms. The number of benzene rings is 2. The molecule has 1 unspecified atom stereocenters. The summed E-state index contributed by atoms with van der Waals surface area (Å²) in [5.74, 6) is 0. The van der Waals surface area contributed by atoms with Crippen LogP contribution < -0.4 is 4.90 Å². The Bertz CT molecular complexity index is 677. The van der Waals surface area contributed by atoms with Gasteiger partial charge in [0.05, 0.1) is 5.56 Å².